The average Bonchev–Trinajstić information content (AvgIpc) is 3.07. The highest BCUT2D eigenvalue weighted by molar-refractivity contribution is 7.91. The Labute approximate surface area is 152 Å². The number of methoxy groups -OCH3 is 1. The van der Waals surface area contributed by atoms with Crippen molar-refractivity contribution in [2.24, 2.45) is 10.1 Å². The van der Waals surface area contributed by atoms with Crippen molar-refractivity contribution in [2.75, 3.05) is 20.7 Å². The van der Waals surface area contributed by atoms with Gasteiger partial charge in [-0.05, 0) is 30.2 Å². The lowest BCUT2D eigenvalue weighted by molar-refractivity contribution is 0.409. The summed E-state index contributed by atoms with van der Waals surface area (Å²) < 4.78 is 28.1. The van der Waals surface area contributed by atoms with Crippen molar-refractivity contribution >= 4 is 27.3 Å². The highest BCUT2D eigenvalue weighted by Gasteiger charge is 2.11. The van der Waals surface area contributed by atoms with Crippen molar-refractivity contribution in [1.29, 1.82) is 0 Å². The maximum absolute atomic E-state index is 11.3. The van der Waals surface area contributed by atoms with E-state index in [0.717, 1.165) is 33.9 Å². The van der Waals surface area contributed by atoms with E-state index in [2.05, 4.69) is 15.6 Å². The summed E-state index contributed by atoms with van der Waals surface area (Å²) in [5, 5.41) is 11.5. The van der Waals surface area contributed by atoms with E-state index in [1.807, 2.05) is 24.3 Å². The standard InChI is InChI=1S/C16H22N4O3S2/c1-18-16(19-10-9-12-5-3-4-6-14(12)23-2)20-11-13-7-8-15(24-13)25(17,21)22/h3-8H,9-11H2,1-2H3,(H2,17,21,22)(H2,18,19,20). The van der Waals surface area contributed by atoms with Crippen molar-refractivity contribution in [1.82, 2.24) is 10.6 Å². The first-order valence-electron chi connectivity index (χ1n) is 7.62. The maximum Gasteiger partial charge on any atom is 0.247 e. The van der Waals surface area contributed by atoms with Crippen LogP contribution in [0.2, 0.25) is 0 Å². The topological polar surface area (TPSA) is 106 Å². The Morgan fingerprint density at radius 2 is 2.00 bits per heavy atom. The molecule has 136 valence electrons. The SMILES string of the molecule is CN=C(NCCc1ccccc1OC)NCc1ccc(S(N)(=O)=O)s1. The monoisotopic (exact) mass is 382 g/mol. The summed E-state index contributed by atoms with van der Waals surface area (Å²) in [6.45, 7) is 1.15. The minimum Gasteiger partial charge on any atom is -0.496 e. The number of nitrogens with two attached hydrogens (primary N) is 1. The van der Waals surface area contributed by atoms with Crippen LogP contribution in [-0.4, -0.2) is 35.1 Å². The number of aliphatic imine (C=N–C) groups is 1. The van der Waals surface area contributed by atoms with Crippen LogP contribution in [0, 0.1) is 0 Å². The van der Waals surface area contributed by atoms with Gasteiger partial charge in [0.15, 0.2) is 5.96 Å². The fourth-order valence-corrected chi connectivity index (χ4v) is 3.94. The second-order valence-electron chi connectivity index (χ2n) is 5.18. The summed E-state index contributed by atoms with van der Waals surface area (Å²) in [5.74, 6) is 1.50. The van der Waals surface area contributed by atoms with E-state index in [0.29, 0.717) is 19.0 Å². The molecule has 0 unspecified atom stereocenters. The minimum absolute atomic E-state index is 0.156. The molecule has 0 saturated carbocycles. The predicted octanol–water partition coefficient (Wildman–Crippen LogP) is 1.31. The fraction of sp³-hybridized carbons (Fsp3) is 0.312. The van der Waals surface area contributed by atoms with Gasteiger partial charge >= 0.3 is 0 Å². The van der Waals surface area contributed by atoms with Crippen LogP contribution in [0.4, 0.5) is 0 Å². The number of benzene rings is 1. The molecule has 0 aliphatic carbocycles. The summed E-state index contributed by atoms with van der Waals surface area (Å²) in [5.41, 5.74) is 1.11. The Balaban J connectivity index is 1.84. The molecular formula is C16H22N4O3S2. The summed E-state index contributed by atoms with van der Waals surface area (Å²) in [7, 11) is -0.305. The lowest BCUT2D eigenvalue weighted by Gasteiger charge is -2.12. The van der Waals surface area contributed by atoms with E-state index in [1.165, 1.54) is 6.07 Å². The lowest BCUT2D eigenvalue weighted by Crippen LogP contribution is -2.37. The van der Waals surface area contributed by atoms with Gasteiger partial charge in [0.05, 0.1) is 13.7 Å². The van der Waals surface area contributed by atoms with Gasteiger partial charge in [0.1, 0.15) is 9.96 Å². The van der Waals surface area contributed by atoms with E-state index in [9.17, 15) is 8.42 Å². The fourth-order valence-electron chi connectivity index (χ4n) is 2.22. The van der Waals surface area contributed by atoms with E-state index in [-0.39, 0.29) is 4.21 Å². The van der Waals surface area contributed by atoms with Crippen LogP contribution in [0.25, 0.3) is 0 Å². The zero-order chi connectivity index (χ0) is 18.3. The number of nitrogens with zero attached hydrogens (tertiary/aromatic N) is 1. The summed E-state index contributed by atoms with van der Waals surface area (Å²) in [6.07, 6.45) is 0.791. The Kier molecular flexibility index (Phi) is 6.80. The molecule has 0 aliphatic rings. The molecule has 1 aromatic heterocycles. The second-order valence-corrected chi connectivity index (χ2v) is 8.14. The third-order valence-electron chi connectivity index (χ3n) is 3.45. The Hall–Kier alpha value is -2.10. The maximum atomic E-state index is 11.3. The molecular weight excluding hydrogens is 360 g/mol. The molecule has 9 heteroatoms. The van der Waals surface area contributed by atoms with Crippen LogP contribution in [0.15, 0.2) is 45.6 Å². The first-order chi connectivity index (χ1) is 11.9. The van der Waals surface area contributed by atoms with Crippen LogP contribution in [-0.2, 0) is 23.0 Å². The number of nitrogens with one attached hydrogen (secondary N) is 2. The normalized spacial score (nSPS) is 12.0. The quantitative estimate of drug-likeness (QED) is 0.495. The van der Waals surface area contributed by atoms with Crippen LogP contribution in [0.5, 0.6) is 5.75 Å². The molecule has 0 bridgehead atoms. The molecule has 1 heterocycles. The van der Waals surface area contributed by atoms with Gasteiger partial charge in [-0.3, -0.25) is 4.99 Å². The number of rotatable bonds is 7. The van der Waals surface area contributed by atoms with Gasteiger partial charge in [0.2, 0.25) is 10.0 Å². The van der Waals surface area contributed by atoms with Crippen LogP contribution in [0.3, 0.4) is 0 Å². The van der Waals surface area contributed by atoms with Crippen molar-refractivity contribution in [3.63, 3.8) is 0 Å². The number of ether oxygens (including phenoxy) is 1. The summed E-state index contributed by atoms with van der Waals surface area (Å²) >= 11 is 1.14. The Morgan fingerprint density at radius 1 is 1.24 bits per heavy atom. The first kappa shape index (κ1) is 19.2. The van der Waals surface area contributed by atoms with Gasteiger partial charge in [0.25, 0.3) is 0 Å². The van der Waals surface area contributed by atoms with Gasteiger partial charge in [-0.25, -0.2) is 13.6 Å². The van der Waals surface area contributed by atoms with E-state index in [1.54, 1.807) is 20.2 Å². The number of para-hydroxylation sites is 1. The number of guanidine groups is 1. The van der Waals surface area contributed by atoms with Gasteiger partial charge in [-0.2, -0.15) is 0 Å². The molecule has 0 aliphatic heterocycles. The van der Waals surface area contributed by atoms with Gasteiger partial charge < -0.3 is 15.4 Å². The minimum atomic E-state index is -3.64. The molecule has 1 aromatic carbocycles. The van der Waals surface area contributed by atoms with Crippen LogP contribution >= 0.6 is 11.3 Å². The zero-order valence-electron chi connectivity index (χ0n) is 14.2. The Bertz CT molecular complexity index is 831. The molecule has 0 spiro atoms. The highest BCUT2D eigenvalue weighted by Crippen LogP contribution is 2.20. The van der Waals surface area contributed by atoms with Crippen molar-refractivity contribution in [2.45, 2.75) is 17.2 Å². The Morgan fingerprint density at radius 3 is 2.64 bits per heavy atom. The van der Waals surface area contributed by atoms with E-state index >= 15 is 0 Å². The van der Waals surface area contributed by atoms with Gasteiger partial charge in [-0.1, -0.05) is 18.2 Å². The summed E-state index contributed by atoms with van der Waals surface area (Å²) in [6, 6.07) is 11.1. The molecule has 0 radical (unpaired) electrons. The molecule has 0 amide bonds. The molecule has 2 rings (SSSR count). The van der Waals surface area contributed by atoms with E-state index in [4.69, 9.17) is 9.88 Å². The number of hydrogen-bond acceptors (Lipinski definition) is 5. The number of primary sulfonamides is 1. The number of sulfonamides is 1. The molecule has 2 aromatic rings. The van der Waals surface area contributed by atoms with Crippen LogP contribution in [0.1, 0.15) is 10.4 Å². The zero-order valence-corrected chi connectivity index (χ0v) is 15.8. The molecule has 0 atom stereocenters. The highest BCUT2D eigenvalue weighted by atomic mass is 32.2. The smallest absolute Gasteiger partial charge is 0.247 e. The summed E-state index contributed by atoms with van der Waals surface area (Å²) in [4.78, 5) is 5.02. The molecule has 25 heavy (non-hydrogen) atoms. The van der Waals surface area contributed by atoms with Crippen LogP contribution < -0.4 is 20.5 Å². The first-order valence-corrected chi connectivity index (χ1v) is 9.98. The van der Waals surface area contributed by atoms with Crippen molar-refractivity contribution in [3.8, 4) is 5.75 Å². The largest absolute Gasteiger partial charge is 0.496 e. The number of thiophene rings is 1. The van der Waals surface area contributed by atoms with Gasteiger partial charge in [0, 0.05) is 18.5 Å². The van der Waals surface area contributed by atoms with E-state index < -0.39 is 10.0 Å². The lowest BCUT2D eigenvalue weighted by atomic mass is 10.1. The number of hydrogen-bond donors (Lipinski definition) is 3. The second kappa shape index (κ2) is 8.84. The van der Waals surface area contributed by atoms with Crippen molar-refractivity contribution < 1.29 is 13.2 Å². The molecule has 0 fully saturated rings. The third-order valence-corrected chi connectivity index (χ3v) is 5.97. The molecule has 0 saturated heterocycles. The third kappa shape index (κ3) is 5.73. The van der Waals surface area contributed by atoms with Crippen molar-refractivity contribution in [3.05, 3.63) is 46.8 Å². The molecule has 7 nitrogen and oxygen atoms in total. The van der Waals surface area contributed by atoms with Gasteiger partial charge in [-0.15, -0.1) is 11.3 Å². The molecule has 4 N–H and O–H groups in total. The average molecular weight is 383 g/mol. The predicted molar refractivity (Wildman–Crippen MR) is 101 cm³/mol.